The number of nitrogens with one attached hydrogen (secondary N) is 1. The molecule has 10 nitrogen and oxygen atoms in total. The smallest absolute Gasteiger partial charge is 0.263 e. The van der Waals surface area contributed by atoms with Gasteiger partial charge in [0, 0.05) is 11.1 Å². The number of benzene rings is 2. The highest BCUT2D eigenvalue weighted by Crippen LogP contribution is 2.38. The number of rotatable bonds is 8. The van der Waals surface area contributed by atoms with E-state index < -0.39 is 5.91 Å². The molecule has 0 unspecified atom stereocenters. The largest absolute Gasteiger partial charge is 0.493 e. The third kappa shape index (κ3) is 4.67. The van der Waals surface area contributed by atoms with Gasteiger partial charge in [0.15, 0.2) is 11.5 Å². The van der Waals surface area contributed by atoms with E-state index in [0.717, 1.165) is 5.56 Å². The summed E-state index contributed by atoms with van der Waals surface area (Å²) in [5.74, 6) is 1.44. The molecule has 1 N–H and O–H groups in total. The Morgan fingerprint density at radius 3 is 2.52 bits per heavy atom. The first-order chi connectivity index (χ1) is 14.2. The zero-order valence-electron chi connectivity index (χ0n) is 16.2. The van der Waals surface area contributed by atoms with Gasteiger partial charge in [-0.15, -0.1) is 10.2 Å². The molecule has 0 fully saturated rings. The number of methoxy groups -OCH3 is 3. The lowest BCUT2D eigenvalue weighted by atomic mass is 10.2. The van der Waals surface area contributed by atoms with Crippen LogP contribution in [0.15, 0.2) is 47.6 Å². The minimum absolute atomic E-state index is 0.125. The quantitative estimate of drug-likeness (QED) is 0.454. The molecule has 0 spiro atoms. The molecule has 3 aromatic rings. The van der Waals surface area contributed by atoms with Crippen LogP contribution in [-0.2, 0) is 11.3 Å². The third-order valence-electron chi connectivity index (χ3n) is 3.90. The number of amides is 1. The van der Waals surface area contributed by atoms with E-state index in [-0.39, 0.29) is 6.54 Å². The maximum Gasteiger partial charge on any atom is 0.263 e. The van der Waals surface area contributed by atoms with Crippen molar-refractivity contribution in [3.8, 4) is 28.6 Å². The van der Waals surface area contributed by atoms with Crippen molar-refractivity contribution in [2.45, 2.75) is 6.54 Å². The lowest BCUT2D eigenvalue weighted by Crippen LogP contribution is -2.24. The van der Waals surface area contributed by atoms with Crippen LogP contribution in [-0.4, -0.2) is 53.7 Å². The Labute approximate surface area is 167 Å². The number of hydrogen-bond donors (Lipinski definition) is 1. The molecule has 0 bridgehead atoms. The molecule has 0 aliphatic carbocycles. The standard InChI is InChI=1S/C19H20N6O4/c1-27-15-10-9-14(17(28-2)18(15)29-3)11-20-21-16(26)12-25-23-19(22-24-25)13-7-5-4-6-8-13/h4-11H,12H2,1-3H3,(H,21,26)/b20-11-. The van der Waals surface area contributed by atoms with E-state index in [2.05, 4.69) is 25.9 Å². The number of tetrazole rings is 1. The molecular weight excluding hydrogens is 376 g/mol. The van der Waals surface area contributed by atoms with Crippen LogP contribution in [0.25, 0.3) is 11.4 Å². The Balaban J connectivity index is 1.64. The molecule has 0 atom stereocenters. The van der Waals surface area contributed by atoms with Crippen molar-refractivity contribution < 1.29 is 19.0 Å². The average Bonchev–Trinajstić information content (AvgIpc) is 3.22. The Kier molecular flexibility index (Phi) is 6.36. The van der Waals surface area contributed by atoms with Crippen LogP contribution in [0.3, 0.4) is 0 Å². The fourth-order valence-electron chi connectivity index (χ4n) is 2.58. The summed E-state index contributed by atoms with van der Waals surface area (Å²) in [7, 11) is 4.55. The van der Waals surface area contributed by atoms with Gasteiger partial charge in [0.2, 0.25) is 11.6 Å². The monoisotopic (exact) mass is 396 g/mol. The summed E-state index contributed by atoms with van der Waals surface area (Å²) in [6.07, 6.45) is 1.45. The summed E-state index contributed by atoms with van der Waals surface area (Å²) in [5, 5.41) is 16.0. The van der Waals surface area contributed by atoms with Crippen molar-refractivity contribution in [3.05, 3.63) is 48.0 Å². The number of nitrogens with zero attached hydrogens (tertiary/aromatic N) is 5. The van der Waals surface area contributed by atoms with Gasteiger partial charge in [-0.2, -0.15) is 9.90 Å². The molecule has 1 heterocycles. The maximum atomic E-state index is 12.1. The Morgan fingerprint density at radius 2 is 1.83 bits per heavy atom. The molecule has 10 heteroatoms. The summed E-state index contributed by atoms with van der Waals surface area (Å²) >= 11 is 0. The van der Waals surface area contributed by atoms with Crippen LogP contribution in [0.4, 0.5) is 0 Å². The van der Waals surface area contributed by atoms with E-state index in [1.54, 1.807) is 12.1 Å². The van der Waals surface area contributed by atoms with Crippen molar-refractivity contribution in [2.75, 3.05) is 21.3 Å². The van der Waals surface area contributed by atoms with E-state index in [1.807, 2.05) is 30.3 Å². The van der Waals surface area contributed by atoms with Crippen molar-refractivity contribution >= 4 is 12.1 Å². The molecule has 0 aliphatic heterocycles. The van der Waals surface area contributed by atoms with Crippen LogP contribution in [0.5, 0.6) is 17.2 Å². The highest BCUT2D eigenvalue weighted by Gasteiger charge is 2.15. The minimum atomic E-state index is -0.405. The van der Waals surface area contributed by atoms with Crippen LogP contribution in [0.1, 0.15) is 5.56 Å². The lowest BCUT2D eigenvalue weighted by Gasteiger charge is -2.13. The molecule has 1 aromatic heterocycles. The molecule has 0 saturated heterocycles. The van der Waals surface area contributed by atoms with Gasteiger partial charge in [0.25, 0.3) is 5.91 Å². The van der Waals surface area contributed by atoms with Crippen LogP contribution in [0, 0.1) is 0 Å². The Morgan fingerprint density at radius 1 is 1.07 bits per heavy atom. The second-order valence-electron chi connectivity index (χ2n) is 5.73. The molecule has 150 valence electrons. The zero-order valence-corrected chi connectivity index (χ0v) is 16.2. The molecular formula is C19H20N6O4. The van der Waals surface area contributed by atoms with Gasteiger partial charge in [-0.3, -0.25) is 4.79 Å². The Hall–Kier alpha value is -3.95. The van der Waals surface area contributed by atoms with Crippen molar-refractivity contribution in [3.63, 3.8) is 0 Å². The summed E-state index contributed by atoms with van der Waals surface area (Å²) in [6, 6.07) is 12.8. The van der Waals surface area contributed by atoms with Gasteiger partial charge in [-0.05, 0) is 17.3 Å². The van der Waals surface area contributed by atoms with E-state index >= 15 is 0 Å². The maximum absolute atomic E-state index is 12.1. The van der Waals surface area contributed by atoms with Crippen LogP contribution >= 0.6 is 0 Å². The summed E-state index contributed by atoms with van der Waals surface area (Å²) in [6.45, 7) is -0.125. The van der Waals surface area contributed by atoms with Gasteiger partial charge in [-0.25, -0.2) is 5.43 Å². The number of carbonyl (C=O) groups is 1. The first-order valence-electron chi connectivity index (χ1n) is 8.60. The normalized spacial score (nSPS) is 10.7. The van der Waals surface area contributed by atoms with Gasteiger partial charge in [-0.1, -0.05) is 30.3 Å². The van der Waals surface area contributed by atoms with Gasteiger partial charge in [0.05, 0.1) is 27.5 Å². The Bertz CT molecular complexity index is 1000. The minimum Gasteiger partial charge on any atom is -0.493 e. The number of hydrazone groups is 1. The zero-order chi connectivity index (χ0) is 20.6. The van der Waals surface area contributed by atoms with Crippen LogP contribution in [0.2, 0.25) is 0 Å². The molecule has 1 amide bonds. The predicted molar refractivity (Wildman–Crippen MR) is 105 cm³/mol. The second-order valence-corrected chi connectivity index (χ2v) is 5.73. The number of aromatic nitrogens is 4. The van der Waals surface area contributed by atoms with Crippen molar-refractivity contribution in [1.82, 2.24) is 25.6 Å². The van der Waals surface area contributed by atoms with Crippen LogP contribution < -0.4 is 19.6 Å². The van der Waals surface area contributed by atoms with E-state index in [1.165, 1.54) is 32.3 Å². The van der Waals surface area contributed by atoms with Crippen molar-refractivity contribution in [2.24, 2.45) is 5.10 Å². The number of ether oxygens (including phenoxy) is 3. The summed E-state index contributed by atoms with van der Waals surface area (Å²) in [5.41, 5.74) is 3.84. The molecule has 3 rings (SSSR count). The van der Waals surface area contributed by atoms with Gasteiger partial charge in [0.1, 0.15) is 6.54 Å². The topological polar surface area (TPSA) is 113 Å². The first kappa shape index (κ1) is 19.8. The predicted octanol–water partition coefficient (Wildman–Crippen LogP) is 1.52. The average molecular weight is 396 g/mol. The summed E-state index contributed by atoms with van der Waals surface area (Å²) < 4.78 is 15.9. The summed E-state index contributed by atoms with van der Waals surface area (Å²) in [4.78, 5) is 13.3. The van der Waals surface area contributed by atoms with Crippen molar-refractivity contribution in [1.29, 1.82) is 0 Å². The lowest BCUT2D eigenvalue weighted by molar-refractivity contribution is -0.122. The molecule has 2 aromatic carbocycles. The number of carbonyl (C=O) groups excluding carboxylic acids is 1. The molecule has 0 saturated carbocycles. The van der Waals surface area contributed by atoms with Gasteiger partial charge < -0.3 is 14.2 Å². The second kappa shape index (κ2) is 9.31. The van der Waals surface area contributed by atoms with Gasteiger partial charge >= 0.3 is 0 Å². The fraction of sp³-hybridized carbons (Fsp3) is 0.211. The molecule has 29 heavy (non-hydrogen) atoms. The fourth-order valence-corrected chi connectivity index (χ4v) is 2.58. The highest BCUT2D eigenvalue weighted by molar-refractivity contribution is 5.87. The molecule has 0 aliphatic rings. The SMILES string of the molecule is COc1ccc(/C=N\NC(=O)Cn2nnc(-c3ccccc3)n2)c(OC)c1OC. The van der Waals surface area contributed by atoms with E-state index in [4.69, 9.17) is 14.2 Å². The highest BCUT2D eigenvalue weighted by atomic mass is 16.5. The third-order valence-corrected chi connectivity index (χ3v) is 3.90. The first-order valence-corrected chi connectivity index (χ1v) is 8.60. The van der Waals surface area contributed by atoms with E-state index in [0.29, 0.717) is 28.6 Å². The van der Waals surface area contributed by atoms with E-state index in [9.17, 15) is 4.79 Å². The number of hydrogen-bond acceptors (Lipinski definition) is 8. The molecule has 0 radical (unpaired) electrons.